The standard InChI is InChI=1S/C8H12N2O2S/c1-6(2)8-9-7(5-13-8)3-4-10(11)12/h5-6H,3-4H2,1-2H3. The summed E-state index contributed by atoms with van der Waals surface area (Å²) < 4.78 is 0. The van der Waals surface area contributed by atoms with Gasteiger partial charge >= 0.3 is 0 Å². The van der Waals surface area contributed by atoms with E-state index in [4.69, 9.17) is 0 Å². The highest BCUT2D eigenvalue weighted by molar-refractivity contribution is 7.09. The lowest BCUT2D eigenvalue weighted by atomic mass is 10.2. The second-order valence-electron chi connectivity index (χ2n) is 3.14. The summed E-state index contributed by atoms with van der Waals surface area (Å²) >= 11 is 1.58. The first-order chi connectivity index (χ1) is 6.09. The predicted molar refractivity (Wildman–Crippen MR) is 51.8 cm³/mol. The van der Waals surface area contributed by atoms with E-state index in [1.165, 1.54) is 0 Å². The van der Waals surface area contributed by atoms with Crippen LogP contribution in [-0.4, -0.2) is 16.5 Å². The third-order valence-electron chi connectivity index (χ3n) is 1.61. The van der Waals surface area contributed by atoms with Crippen LogP contribution in [0.5, 0.6) is 0 Å². The van der Waals surface area contributed by atoms with Crippen molar-refractivity contribution in [3.05, 3.63) is 26.2 Å². The van der Waals surface area contributed by atoms with E-state index in [9.17, 15) is 10.1 Å². The van der Waals surface area contributed by atoms with Crippen LogP contribution >= 0.6 is 11.3 Å². The van der Waals surface area contributed by atoms with E-state index in [1.54, 1.807) is 11.3 Å². The number of hydrogen-bond acceptors (Lipinski definition) is 4. The van der Waals surface area contributed by atoms with Gasteiger partial charge in [-0.3, -0.25) is 10.1 Å². The van der Waals surface area contributed by atoms with Gasteiger partial charge in [0.25, 0.3) is 0 Å². The molecule has 0 spiro atoms. The fourth-order valence-corrected chi connectivity index (χ4v) is 1.78. The molecule has 0 saturated carbocycles. The maximum atomic E-state index is 10.1. The molecule has 0 radical (unpaired) electrons. The van der Waals surface area contributed by atoms with Crippen molar-refractivity contribution in [3.63, 3.8) is 0 Å². The van der Waals surface area contributed by atoms with E-state index in [0.717, 1.165) is 10.7 Å². The van der Waals surface area contributed by atoms with Gasteiger partial charge in [0.2, 0.25) is 6.54 Å². The smallest absolute Gasteiger partial charge is 0.209 e. The SMILES string of the molecule is CC(C)c1nc(CC[N+](=O)[O-])cs1. The van der Waals surface area contributed by atoms with Gasteiger partial charge in [-0.25, -0.2) is 4.98 Å². The van der Waals surface area contributed by atoms with E-state index in [0.29, 0.717) is 12.3 Å². The zero-order valence-corrected chi connectivity index (χ0v) is 8.50. The molecule has 72 valence electrons. The van der Waals surface area contributed by atoms with Crippen LogP contribution in [0.4, 0.5) is 0 Å². The Hall–Kier alpha value is -0.970. The van der Waals surface area contributed by atoms with E-state index >= 15 is 0 Å². The molecule has 0 aliphatic heterocycles. The summed E-state index contributed by atoms with van der Waals surface area (Å²) in [6.45, 7) is 4.10. The highest BCUT2D eigenvalue weighted by atomic mass is 32.1. The Balaban J connectivity index is 2.54. The van der Waals surface area contributed by atoms with Crippen molar-refractivity contribution in [3.8, 4) is 0 Å². The molecule has 0 amide bonds. The summed E-state index contributed by atoms with van der Waals surface area (Å²) in [5, 5.41) is 13.1. The minimum atomic E-state index is -0.311. The Morgan fingerprint density at radius 3 is 2.85 bits per heavy atom. The molecule has 0 bridgehead atoms. The third-order valence-corrected chi connectivity index (χ3v) is 2.81. The van der Waals surface area contributed by atoms with Gasteiger partial charge < -0.3 is 0 Å². The summed E-state index contributed by atoms with van der Waals surface area (Å²) in [6.07, 6.45) is 0.441. The largest absolute Gasteiger partial charge is 0.265 e. The van der Waals surface area contributed by atoms with Crippen molar-refractivity contribution in [1.29, 1.82) is 0 Å². The fraction of sp³-hybridized carbons (Fsp3) is 0.625. The van der Waals surface area contributed by atoms with Crippen molar-refractivity contribution >= 4 is 11.3 Å². The van der Waals surface area contributed by atoms with Crippen molar-refractivity contribution in [1.82, 2.24) is 4.98 Å². The molecular formula is C8H12N2O2S. The van der Waals surface area contributed by atoms with E-state index < -0.39 is 0 Å². The number of aromatic nitrogens is 1. The maximum absolute atomic E-state index is 10.1. The average Bonchev–Trinajstić information content (AvgIpc) is 2.48. The molecule has 0 N–H and O–H groups in total. The Morgan fingerprint density at radius 2 is 2.38 bits per heavy atom. The van der Waals surface area contributed by atoms with Crippen molar-refractivity contribution in [2.45, 2.75) is 26.2 Å². The van der Waals surface area contributed by atoms with Crippen molar-refractivity contribution in [2.24, 2.45) is 0 Å². The van der Waals surface area contributed by atoms with E-state index in [-0.39, 0.29) is 11.5 Å². The molecule has 1 aromatic heterocycles. The van der Waals surface area contributed by atoms with Crippen LogP contribution < -0.4 is 0 Å². The highest BCUT2D eigenvalue weighted by Crippen LogP contribution is 2.19. The molecule has 0 aliphatic rings. The minimum absolute atomic E-state index is 0.0265. The van der Waals surface area contributed by atoms with Crippen LogP contribution in [0.15, 0.2) is 5.38 Å². The van der Waals surface area contributed by atoms with Crippen LogP contribution in [0, 0.1) is 10.1 Å². The Labute approximate surface area is 80.8 Å². The number of hydrogen-bond donors (Lipinski definition) is 0. The molecule has 13 heavy (non-hydrogen) atoms. The molecule has 0 aliphatic carbocycles. The summed E-state index contributed by atoms with van der Waals surface area (Å²) in [7, 11) is 0. The molecule has 4 nitrogen and oxygen atoms in total. The van der Waals surface area contributed by atoms with Gasteiger partial charge in [0.15, 0.2) is 0 Å². The number of rotatable bonds is 4. The van der Waals surface area contributed by atoms with Gasteiger partial charge in [-0.15, -0.1) is 11.3 Å². The van der Waals surface area contributed by atoms with Gasteiger partial charge in [-0.2, -0.15) is 0 Å². The van der Waals surface area contributed by atoms with Crippen LogP contribution in [0.1, 0.15) is 30.5 Å². The molecule has 1 aromatic rings. The zero-order valence-electron chi connectivity index (χ0n) is 7.69. The number of nitrogens with zero attached hydrogens (tertiary/aromatic N) is 2. The first-order valence-corrected chi connectivity index (χ1v) is 5.03. The first kappa shape index (κ1) is 10.1. The minimum Gasteiger partial charge on any atom is -0.265 e. The normalized spacial score (nSPS) is 10.7. The van der Waals surface area contributed by atoms with Gasteiger partial charge in [-0.05, 0) is 0 Å². The number of thiazole rings is 1. The molecule has 0 unspecified atom stereocenters. The van der Waals surface area contributed by atoms with E-state index in [2.05, 4.69) is 18.8 Å². The molecule has 0 saturated heterocycles. The summed E-state index contributed by atoms with van der Waals surface area (Å²) in [4.78, 5) is 14.1. The lowest BCUT2D eigenvalue weighted by Gasteiger charge is -1.95. The second kappa shape index (κ2) is 4.32. The summed E-state index contributed by atoms with van der Waals surface area (Å²) in [6, 6.07) is 0. The van der Waals surface area contributed by atoms with Crippen LogP contribution in [0.3, 0.4) is 0 Å². The highest BCUT2D eigenvalue weighted by Gasteiger charge is 2.07. The lowest BCUT2D eigenvalue weighted by Crippen LogP contribution is -2.04. The molecule has 0 atom stereocenters. The third kappa shape index (κ3) is 3.10. The Bertz CT molecular complexity index is 296. The number of nitro groups is 1. The zero-order chi connectivity index (χ0) is 9.84. The van der Waals surface area contributed by atoms with Crippen LogP contribution in [0.25, 0.3) is 0 Å². The van der Waals surface area contributed by atoms with Crippen LogP contribution in [-0.2, 0) is 6.42 Å². The molecule has 1 heterocycles. The van der Waals surface area contributed by atoms with Gasteiger partial charge in [0, 0.05) is 16.2 Å². The molecular weight excluding hydrogens is 188 g/mol. The van der Waals surface area contributed by atoms with Gasteiger partial charge in [0.05, 0.1) is 17.1 Å². The summed E-state index contributed by atoms with van der Waals surface area (Å²) in [5.74, 6) is 0.411. The molecule has 5 heteroatoms. The van der Waals surface area contributed by atoms with Gasteiger partial charge in [0.1, 0.15) is 0 Å². The molecule has 0 fully saturated rings. The average molecular weight is 200 g/mol. The lowest BCUT2D eigenvalue weighted by molar-refractivity contribution is -0.479. The topological polar surface area (TPSA) is 56.0 Å². The van der Waals surface area contributed by atoms with E-state index in [1.807, 2.05) is 5.38 Å². The first-order valence-electron chi connectivity index (χ1n) is 4.15. The Morgan fingerprint density at radius 1 is 1.69 bits per heavy atom. The monoisotopic (exact) mass is 200 g/mol. The second-order valence-corrected chi connectivity index (χ2v) is 4.03. The quantitative estimate of drug-likeness (QED) is 0.552. The molecule has 0 aromatic carbocycles. The maximum Gasteiger partial charge on any atom is 0.209 e. The van der Waals surface area contributed by atoms with Gasteiger partial charge in [-0.1, -0.05) is 13.8 Å². The fourth-order valence-electron chi connectivity index (χ4n) is 0.908. The van der Waals surface area contributed by atoms with Crippen molar-refractivity contribution < 1.29 is 4.92 Å². The predicted octanol–water partition coefficient (Wildman–Crippen LogP) is 2.09. The van der Waals surface area contributed by atoms with Crippen molar-refractivity contribution in [2.75, 3.05) is 6.54 Å². The Kier molecular flexibility index (Phi) is 3.36. The summed E-state index contributed by atoms with van der Waals surface area (Å²) in [5.41, 5.74) is 0.838. The van der Waals surface area contributed by atoms with Crippen LogP contribution in [0.2, 0.25) is 0 Å². The molecule has 1 rings (SSSR count).